The molecule has 0 aliphatic rings. The first-order chi connectivity index (χ1) is 7.29. The van der Waals surface area contributed by atoms with E-state index in [1.54, 1.807) is 0 Å². The van der Waals surface area contributed by atoms with E-state index in [0.717, 1.165) is 16.4 Å². The Morgan fingerprint density at radius 3 is 2.80 bits per heavy atom. The second-order valence-corrected chi connectivity index (χ2v) is 3.58. The van der Waals surface area contributed by atoms with Gasteiger partial charge in [-0.25, -0.2) is 4.98 Å². The minimum atomic E-state index is 0.346. The zero-order valence-electron chi connectivity index (χ0n) is 8.07. The van der Waals surface area contributed by atoms with Gasteiger partial charge in [0, 0.05) is 11.4 Å². The third kappa shape index (κ3) is 2.34. The van der Waals surface area contributed by atoms with Crippen LogP contribution in [0.1, 0.15) is 17.2 Å². The minimum Gasteiger partial charge on any atom is -0.324 e. The van der Waals surface area contributed by atoms with Crippen molar-refractivity contribution >= 4 is 11.6 Å². The van der Waals surface area contributed by atoms with E-state index in [1.807, 2.05) is 24.3 Å². The Balaban J connectivity index is 2.18. The summed E-state index contributed by atoms with van der Waals surface area (Å²) in [5.41, 5.74) is 6.44. The lowest BCUT2D eigenvalue weighted by Crippen LogP contribution is -1.98. The van der Waals surface area contributed by atoms with Gasteiger partial charge in [0.25, 0.3) is 0 Å². The molecule has 0 atom stereocenters. The molecule has 5 heteroatoms. The molecule has 0 amide bonds. The lowest BCUT2D eigenvalue weighted by atomic mass is 10.1. The predicted molar refractivity (Wildman–Crippen MR) is 58.5 cm³/mol. The summed E-state index contributed by atoms with van der Waals surface area (Å²) in [5, 5.41) is 7.53. The summed E-state index contributed by atoms with van der Waals surface area (Å²) >= 11 is 6.03. The molecule has 1 aromatic carbocycles. The molecule has 4 nitrogen and oxygen atoms in total. The molecular formula is C10H11ClN4. The number of aromatic nitrogens is 3. The number of halogens is 1. The van der Waals surface area contributed by atoms with E-state index < -0.39 is 0 Å². The molecule has 0 spiro atoms. The van der Waals surface area contributed by atoms with Crippen LogP contribution >= 0.6 is 11.6 Å². The molecule has 1 aromatic heterocycles. The molecule has 0 saturated carbocycles. The first-order valence-corrected chi connectivity index (χ1v) is 5.01. The van der Waals surface area contributed by atoms with Gasteiger partial charge in [0.1, 0.15) is 5.82 Å². The van der Waals surface area contributed by atoms with Crippen LogP contribution in [0.5, 0.6) is 0 Å². The quantitative estimate of drug-likeness (QED) is 0.827. The van der Waals surface area contributed by atoms with Crippen molar-refractivity contribution in [3.05, 3.63) is 46.5 Å². The van der Waals surface area contributed by atoms with Crippen LogP contribution in [0.4, 0.5) is 0 Å². The van der Waals surface area contributed by atoms with E-state index in [0.29, 0.717) is 18.8 Å². The van der Waals surface area contributed by atoms with Crippen LogP contribution in [-0.4, -0.2) is 15.2 Å². The fourth-order valence-corrected chi connectivity index (χ4v) is 1.53. The second kappa shape index (κ2) is 4.42. The SMILES string of the molecule is NCc1n[nH]c(Cc2ccccc2Cl)n1. The van der Waals surface area contributed by atoms with Crippen LogP contribution < -0.4 is 5.73 Å². The molecule has 0 fully saturated rings. The lowest BCUT2D eigenvalue weighted by Gasteiger charge is -1.99. The second-order valence-electron chi connectivity index (χ2n) is 3.17. The van der Waals surface area contributed by atoms with Gasteiger partial charge >= 0.3 is 0 Å². The summed E-state index contributed by atoms with van der Waals surface area (Å²) in [7, 11) is 0. The molecule has 1 heterocycles. The van der Waals surface area contributed by atoms with Crippen molar-refractivity contribution in [2.75, 3.05) is 0 Å². The van der Waals surface area contributed by atoms with E-state index in [-0.39, 0.29) is 0 Å². The predicted octanol–water partition coefficient (Wildman–Crippen LogP) is 1.51. The number of aromatic amines is 1. The fourth-order valence-electron chi connectivity index (χ4n) is 1.33. The molecule has 2 rings (SSSR count). The molecule has 0 unspecified atom stereocenters. The Morgan fingerprint density at radius 1 is 1.33 bits per heavy atom. The van der Waals surface area contributed by atoms with Gasteiger partial charge in [-0.05, 0) is 11.6 Å². The molecule has 0 radical (unpaired) electrons. The number of nitrogens with two attached hydrogens (primary N) is 1. The smallest absolute Gasteiger partial charge is 0.164 e. The van der Waals surface area contributed by atoms with Gasteiger partial charge in [0.15, 0.2) is 5.82 Å². The first-order valence-electron chi connectivity index (χ1n) is 4.63. The zero-order valence-corrected chi connectivity index (χ0v) is 8.83. The number of hydrogen-bond donors (Lipinski definition) is 2. The zero-order chi connectivity index (χ0) is 10.7. The van der Waals surface area contributed by atoms with E-state index >= 15 is 0 Å². The summed E-state index contributed by atoms with van der Waals surface area (Å²) in [6.07, 6.45) is 0.646. The number of nitrogens with one attached hydrogen (secondary N) is 1. The van der Waals surface area contributed by atoms with Crippen molar-refractivity contribution in [3.63, 3.8) is 0 Å². The van der Waals surface area contributed by atoms with Crippen LogP contribution in [0.15, 0.2) is 24.3 Å². The molecule has 3 N–H and O–H groups in total. The van der Waals surface area contributed by atoms with Gasteiger partial charge < -0.3 is 5.73 Å². The topological polar surface area (TPSA) is 67.6 Å². The van der Waals surface area contributed by atoms with Crippen LogP contribution in [-0.2, 0) is 13.0 Å². The molecular weight excluding hydrogens is 212 g/mol. The highest BCUT2D eigenvalue weighted by Gasteiger charge is 2.05. The molecule has 0 aliphatic carbocycles. The van der Waals surface area contributed by atoms with Crippen LogP contribution in [0.2, 0.25) is 5.02 Å². The van der Waals surface area contributed by atoms with Crippen molar-refractivity contribution in [1.82, 2.24) is 15.2 Å². The van der Waals surface area contributed by atoms with Gasteiger partial charge in [-0.15, -0.1) is 0 Å². The highest BCUT2D eigenvalue weighted by atomic mass is 35.5. The Kier molecular flexibility index (Phi) is 2.99. The van der Waals surface area contributed by atoms with E-state index in [4.69, 9.17) is 17.3 Å². The summed E-state index contributed by atoms with van der Waals surface area (Å²) in [5.74, 6) is 1.40. The molecule has 0 bridgehead atoms. The number of rotatable bonds is 3. The summed E-state index contributed by atoms with van der Waals surface area (Å²) in [6, 6.07) is 7.67. The van der Waals surface area contributed by atoms with Gasteiger partial charge in [-0.3, -0.25) is 5.10 Å². The largest absolute Gasteiger partial charge is 0.324 e. The van der Waals surface area contributed by atoms with Gasteiger partial charge in [0.05, 0.1) is 6.54 Å². The van der Waals surface area contributed by atoms with Crippen LogP contribution in [0.25, 0.3) is 0 Å². The van der Waals surface area contributed by atoms with E-state index in [1.165, 1.54) is 0 Å². The monoisotopic (exact) mass is 222 g/mol. The maximum atomic E-state index is 6.03. The van der Waals surface area contributed by atoms with Crippen LogP contribution in [0.3, 0.4) is 0 Å². The normalized spacial score (nSPS) is 10.5. The lowest BCUT2D eigenvalue weighted by molar-refractivity contribution is 0.916. The number of benzene rings is 1. The Bertz CT molecular complexity index is 452. The molecule has 0 aliphatic heterocycles. The van der Waals surface area contributed by atoms with E-state index in [9.17, 15) is 0 Å². The van der Waals surface area contributed by atoms with Crippen molar-refractivity contribution in [3.8, 4) is 0 Å². The Hall–Kier alpha value is -1.39. The number of nitrogens with zero attached hydrogens (tertiary/aromatic N) is 2. The maximum absolute atomic E-state index is 6.03. The van der Waals surface area contributed by atoms with Crippen molar-refractivity contribution in [2.45, 2.75) is 13.0 Å². The van der Waals surface area contributed by atoms with Gasteiger partial charge in [0.2, 0.25) is 0 Å². The van der Waals surface area contributed by atoms with Crippen molar-refractivity contribution < 1.29 is 0 Å². The number of H-pyrrole nitrogens is 1. The minimum absolute atomic E-state index is 0.346. The van der Waals surface area contributed by atoms with Crippen molar-refractivity contribution in [1.29, 1.82) is 0 Å². The molecule has 15 heavy (non-hydrogen) atoms. The van der Waals surface area contributed by atoms with Gasteiger partial charge in [-0.2, -0.15) is 5.10 Å². The highest BCUT2D eigenvalue weighted by molar-refractivity contribution is 6.31. The molecule has 78 valence electrons. The average molecular weight is 223 g/mol. The summed E-state index contributed by atoms with van der Waals surface area (Å²) in [6.45, 7) is 0.346. The third-order valence-corrected chi connectivity index (χ3v) is 2.45. The summed E-state index contributed by atoms with van der Waals surface area (Å²) in [4.78, 5) is 4.21. The Morgan fingerprint density at radius 2 is 2.13 bits per heavy atom. The Labute approximate surface area is 92.5 Å². The average Bonchev–Trinajstić information content (AvgIpc) is 2.69. The fraction of sp³-hybridized carbons (Fsp3) is 0.200. The first kappa shape index (κ1) is 10.1. The third-order valence-electron chi connectivity index (χ3n) is 2.08. The molecule has 2 aromatic rings. The molecule has 0 saturated heterocycles. The number of hydrogen-bond acceptors (Lipinski definition) is 3. The van der Waals surface area contributed by atoms with Crippen molar-refractivity contribution in [2.24, 2.45) is 5.73 Å². The summed E-state index contributed by atoms with van der Waals surface area (Å²) < 4.78 is 0. The van der Waals surface area contributed by atoms with Crippen LogP contribution in [0, 0.1) is 0 Å². The highest BCUT2D eigenvalue weighted by Crippen LogP contribution is 2.17. The van der Waals surface area contributed by atoms with Gasteiger partial charge in [-0.1, -0.05) is 29.8 Å². The van der Waals surface area contributed by atoms with E-state index in [2.05, 4.69) is 15.2 Å². The maximum Gasteiger partial charge on any atom is 0.164 e. The standard InChI is InChI=1S/C10H11ClN4/c11-8-4-2-1-3-7(8)5-9-13-10(6-12)15-14-9/h1-4H,5-6,12H2,(H,13,14,15).